The van der Waals surface area contributed by atoms with Crippen LogP contribution in [0.1, 0.15) is 16.7 Å². The summed E-state index contributed by atoms with van der Waals surface area (Å²) >= 11 is 0. The summed E-state index contributed by atoms with van der Waals surface area (Å²) in [6.07, 6.45) is 3.24. The van der Waals surface area contributed by atoms with Crippen molar-refractivity contribution in [1.82, 2.24) is 25.0 Å². The van der Waals surface area contributed by atoms with E-state index in [0.717, 1.165) is 22.6 Å². The second kappa shape index (κ2) is 8.93. The summed E-state index contributed by atoms with van der Waals surface area (Å²) in [5.41, 5.74) is 3.34. The Labute approximate surface area is 158 Å². The van der Waals surface area contributed by atoms with Gasteiger partial charge in [0.2, 0.25) is 0 Å². The second-order valence-corrected chi connectivity index (χ2v) is 6.30. The average Bonchev–Trinajstić information content (AvgIpc) is 3.17. The highest BCUT2D eigenvalue weighted by Gasteiger charge is 2.07. The summed E-state index contributed by atoms with van der Waals surface area (Å²) in [4.78, 5) is 10.3. The lowest BCUT2D eigenvalue weighted by molar-refractivity contribution is 0.476. The van der Waals surface area contributed by atoms with Gasteiger partial charge in [0.25, 0.3) is 0 Å². The van der Waals surface area contributed by atoms with Crippen LogP contribution in [-0.2, 0) is 19.6 Å². The van der Waals surface area contributed by atoms with E-state index in [-0.39, 0.29) is 5.82 Å². The molecule has 0 radical (unpaired) electrons. The van der Waals surface area contributed by atoms with Crippen LogP contribution in [-0.4, -0.2) is 39.7 Å². The predicted molar refractivity (Wildman–Crippen MR) is 104 cm³/mol. The Morgan fingerprint density at radius 2 is 1.93 bits per heavy atom. The first-order valence-corrected chi connectivity index (χ1v) is 8.70. The fourth-order valence-corrected chi connectivity index (χ4v) is 2.84. The van der Waals surface area contributed by atoms with Crippen LogP contribution >= 0.6 is 0 Å². The molecule has 2 aromatic carbocycles. The zero-order chi connectivity index (χ0) is 19.1. The van der Waals surface area contributed by atoms with Gasteiger partial charge in [0.15, 0.2) is 5.96 Å². The molecular weight excluding hydrogens is 343 g/mol. The molecule has 0 aliphatic heterocycles. The molecule has 1 aromatic heterocycles. The van der Waals surface area contributed by atoms with Crippen LogP contribution in [0.15, 0.2) is 66.2 Å². The molecule has 0 spiro atoms. The first-order chi connectivity index (χ1) is 13.1. The van der Waals surface area contributed by atoms with Crippen LogP contribution in [0.2, 0.25) is 0 Å². The third kappa shape index (κ3) is 5.37. The van der Waals surface area contributed by atoms with Gasteiger partial charge in [0, 0.05) is 27.2 Å². The molecule has 0 aliphatic carbocycles. The third-order valence-electron chi connectivity index (χ3n) is 4.16. The molecule has 0 atom stereocenters. The van der Waals surface area contributed by atoms with Crippen LogP contribution in [0.4, 0.5) is 4.39 Å². The molecule has 3 rings (SSSR count). The van der Waals surface area contributed by atoms with Crippen molar-refractivity contribution in [2.45, 2.75) is 19.6 Å². The summed E-state index contributed by atoms with van der Waals surface area (Å²) in [5, 5.41) is 7.51. The van der Waals surface area contributed by atoms with Gasteiger partial charge in [-0.1, -0.05) is 36.4 Å². The molecule has 27 heavy (non-hydrogen) atoms. The van der Waals surface area contributed by atoms with Crippen LogP contribution in [0.25, 0.3) is 0 Å². The van der Waals surface area contributed by atoms with Crippen LogP contribution in [0.5, 0.6) is 0 Å². The minimum absolute atomic E-state index is 0.227. The van der Waals surface area contributed by atoms with Crippen LogP contribution in [0, 0.1) is 5.82 Å². The monoisotopic (exact) mass is 366 g/mol. The number of aromatic nitrogens is 3. The number of hydrogen-bond donors (Lipinski definition) is 1. The molecule has 0 unspecified atom stereocenters. The zero-order valence-corrected chi connectivity index (χ0v) is 15.5. The minimum atomic E-state index is -0.227. The highest BCUT2D eigenvalue weighted by Crippen LogP contribution is 2.08. The van der Waals surface area contributed by atoms with Gasteiger partial charge in [-0.3, -0.25) is 4.99 Å². The Kier molecular flexibility index (Phi) is 6.14. The van der Waals surface area contributed by atoms with E-state index in [1.54, 1.807) is 30.2 Å². The van der Waals surface area contributed by atoms with Gasteiger partial charge in [-0.25, -0.2) is 14.1 Å². The zero-order valence-electron chi connectivity index (χ0n) is 15.5. The van der Waals surface area contributed by atoms with E-state index < -0.39 is 0 Å². The van der Waals surface area contributed by atoms with Crippen LogP contribution in [0.3, 0.4) is 0 Å². The minimum Gasteiger partial charge on any atom is -0.352 e. The molecule has 1 N–H and O–H groups in total. The summed E-state index contributed by atoms with van der Waals surface area (Å²) in [5.74, 6) is 0.552. The summed E-state index contributed by atoms with van der Waals surface area (Å²) in [6.45, 7) is 1.99. The van der Waals surface area contributed by atoms with Crippen molar-refractivity contribution in [2.75, 3.05) is 14.1 Å². The molecule has 0 saturated heterocycles. The van der Waals surface area contributed by atoms with E-state index in [1.165, 1.54) is 18.5 Å². The maximum absolute atomic E-state index is 13.1. The highest BCUT2D eigenvalue weighted by atomic mass is 19.1. The van der Waals surface area contributed by atoms with E-state index >= 15 is 0 Å². The molecule has 6 nitrogen and oxygen atoms in total. The molecular formula is C20H23FN6. The van der Waals surface area contributed by atoms with Gasteiger partial charge in [0.1, 0.15) is 18.5 Å². The maximum atomic E-state index is 13.1. The van der Waals surface area contributed by atoms with Crippen molar-refractivity contribution in [3.05, 3.63) is 83.7 Å². The standard InChI is InChI=1S/C20H23FN6/c1-22-20(26(2)12-16-6-8-19(21)9-7-16)24-11-17-4-3-5-18(10-17)13-27-15-23-14-25-27/h3-10,14-15H,11-13H2,1-2H3,(H,22,24). The number of nitrogens with one attached hydrogen (secondary N) is 1. The molecule has 0 amide bonds. The number of benzene rings is 2. The average molecular weight is 366 g/mol. The van der Waals surface area contributed by atoms with Gasteiger partial charge in [-0.05, 0) is 28.8 Å². The van der Waals surface area contributed by atoms with E-state index in [1.807, 2.05) is 18.0 Å². The first kappa shape index (κ1) is 18.6. The van der Waals surface area contributed by atoms with Gasteiger partial charge >= 0.3 is 0 Å². The highest BCUT2D eigenvalue weighted by molar-refractivity contribution is 5.79. The Hall–Kier alpha value is -3.22. The molecule has 0 bridgehead atoms. The van der Waals surface area contributed by atoms with Gasteiger partial charge in [-0.15, -0.1) is 0 Å². The normalized spacial score (nSPS) is 11.4. The van der Waals surface area contributed by atoms with Crippen molar-refractivity contribution in [2.24, 2.45) is 4.99 Å². The largest absolute Gasteiger partial charge is 0.352 e. The van der Waals surface area contributed by atoms with Gasteiger partial charge in [-0.2, -0.15) is 5.10 Å². The van der Waals surface area contributed by atoms with E-state index in [4.69, 9.17) is 0 Å². The number of hydrogen-bond acceptors (Lipinski definition) is 3. The molecule has 140 valence electrons. The molecule has 0 fully saturated rings. The predicted octanol–water partition coefficient (Wildman–Crippen LogP) is 2.67. The van der Waals surface area contributed by atoms with Crippen molar-refractivity contribution < 1.29 is 4.39 Å². The summed E-state index contributed by atoms with van der Waals surface area (Å²) < 4.78 is 14.8. The van der Waals surface area contributed by atoms with E-state index in [0.29, 0.717) is 19.6 Å². The SMILES string of the molecule is CN=C(NCc1cccc(Cn2cncn2)c1)N(C)Cc1ccc(F)cc1. The lowest BCUT2D eigenvalue weighted by Crippen LogP contribution is -2.38. The lowest BCUT2D eigenvalue weighted by atomic mass is 10.1. The van der Waals surface area contributed by atoms with Crippen molar-refractivity contribution >= 4 is 5.96 Å². The van der Waals surface area contributed by atoms with Gasteiger partial charge < -0.3 is 10.2 Å². The van der Waals surface area contributed by atoms with E-state index in [2.05, 4.69) is 38.6 Å². The number of aliphatic imine (C=N–C) groups is 1. The fourth-order valence-electron chi connectivity index (χ4n) is 2.84. The summed E-state index contributed by atoms with van der Waals surface area (Å²) in [7, 11) is 3.71. The van der Waals surface area contributed by atoms with Gasteiger partial charge in [0.05, 0.1) is 6.54 Å². The van der Waals surface area contributed by atoms with E-state index in [9.17, 15) is 4.39 Å². The second-order valence-electron chi connectivity index (χ2n) is 6.30. The smallest absolute Gasteiger partial charge is 0.193 e. The topological polar surface area (TPSA) is 58.3 Å². The molecule has 0 saturated carbocycles. The third-order valence-corrected chi connectivity index (χ3v) is 4.16. The van der Waals surface area contributed by atoms with Crippen molar-refractivity contribution in [3.8, 4) is 0 Å². The first-order valence-electron chi connectivity index (χ1n) is 8.70. The maximum Gasteiger partial charge on any atom is 0.193 e. The molecule has 7 heteroatoms. The van der Waals surface area contributed by atoms with Crippen molar-refractivity contribution in [3.63, 3.8) is 0 Å². The molecule has 1 heterocycles. The Bertz CT molecular complexity index is 874. The quantitative estimate of drug-likeness (QED) is 0.538. The molecule has 0 aliphatic rings. The number of rotatable bonds is 6. The van der Waals surface area contributed by atoms with Crippen LogP contribution < -0.4 is 5.32 Å². The summed E-state index contributed by atoms with van der Waals surface area (Å²) in [6, 6.07) is 14.8. The Morgan fingerprint density at radius 3 is 2.63 bits per heavy atom. The number of nitrogens with zero attached hydrogens (tertiary/aromatic N) is 5. The lowest BCUT2D eigenvalue weighted by Gasteiger charge is -2.22. The van der Waals surface area contributed by atoms with Crippen molar-refractivity contribution in [1.29, 1.82) is 0 Å². The molecule has 3 aromatic rings. The number of halogens is 1. The Morgan fingerprint density at radius 1 is 1.15 bits per heavy atom. The fraction of sp³-hybridized carbons (Fsp3) is 0.250. The Balaban J connectivity index is 1.58. The number of guanidine groups is 1.